The monoisotopic (exact) mass is 178 g/mol. The Bertz CT molecular complexity index is 276. The first-order valence-electron chi connectivity index (χ1n) is 4.77. The lowest BCUT2D eigenvalue weighted by atomic mass is 9.98. The Morgan fingerprint density at radius 3 is 2.54 bits per heavy atom. The molecular weight excluding hydrogens is 160 g/mol. The summed E-state index contributed by atoms with van der Waals surface area (Å²) in [6, 6.07) is 6.25. The van der Waals surface area contributed by atoms with Gasteiger partial charge in [-0.1, -0.05) is 26.0 Å². The van der Waals surface area contributed by atoms with Gasteiger partial charge in [-0.15, -0.1) is 0 Å². The molecule has 0 unspecified atom stereocenters. The number of rotatable bonds is 3. The highest BCUT2D eigenvalue weighted by Gasteiger charge is 2.05. The van der Waals surface area contributed by atoms with E-state index in [-0.39, 0.29) is 0 Å². The number of hydrogen-bond donors (Lipinski definition) is 0. The summed E-state index contributed by atoms with van der Waals surface area (Å²) in [5.74, 6) is 1.70. The zero-order valence-corrected chi connectivity index (χ0v) is 8.92. The number of methoxy groups -OCH3 is 1. The van der Waals surface area contributed by atoms with Crippen molar-refractivity contribution in [3.05, 3.63) is 29.3 Å². The second-order valence-electron chi connectivity index (χ2n) is 3.84. The molecule has 0 saturated heterocycles. The molecule has 0 heterocycles. The maximum Gasteiger partial charge on any atom is 0.122 e. The first kappa shape index (κ1) is 10.1. The summed E-state index contributed by atoms with van der Waals surface area (Å²) in [7, 11) is 1.72. The van der Waals surface area contributed by atoms with Gasteiger partial charge < -0.3 is 4.74 Å². The quantitative estimate of drug-likeness (QED) is 0.690. The summed E-state index contributed by atoms with van der Waals surface area (Å²) >= 11 is 0. The van der Waals surface area contributed by atoms with Gasteiger partial charge in [0.05, 0.1) is 7.11 Å². The number of benzene rings is 1. The molecule has 0 saturated carbocycles. The fourth-order valence-corrected chi connectivity index (χ4v) is 1.54. The van der Waals surface area contributed by atoms with Crippen LogP contribution in [-0.2, 0) is 6.42 Å². The maximum atomic E-state index is 5.27. The van der Waals surface area contributed by atoms with E-state index in [9.17, 15) is 0 Å². The van der Waals surface area contributed by atoms with E-state index >= 15 is 0 Å². The third kappa shape index (κ3) is 2.48. The second-order valence-corrected chi connectivity index (χ2v) is 3.84. The molecule has 0 radical (unpaired) electrons. The van der Waals surface area contributed by atoms with Crippen LogP contribution in [-0.4, -0.2) is 7.11 Å². The molecule has 1 nitrogen and oxygen atoms in total. The van der Waals surface area contributed by atoms with Crippen molar-refractivity contribution in [3.8, 4) is 5.75 Å². The predicted molar refractivity (Wildman–Crippen MR) is 56.3 cm³/mol. The van der Waals surface area contributed by atoms with E-state index in [4.69, 9.17) is 4.74 Å². The van der Waals surface area contributed by atoms with E-state index in [0.717, 1.165) is 12.2 Å². The van der Waals surface area contributed by atoms with Crippen LogP contribution in [0.4, 0.5) is 0 Å². The molecule has 1 aromatic rings. The molecule has 0 atom stereocenters. The van der Waals surface area contributed by atoms with Crippen molar-refractivity contribution in [3.63, 3.8) is 0 Å². The standard InChI is InChI=1S/C12H18O/c1-9(2)8-11-6-5-7-12(13-4)10(11)3/h5-7,9H,8H2,1-4H3. The predicted octanol–water partition coefficient (Wildman–Crippen LogP) is 3.20. The lowest BCUT2D eigenvalue weighted by Crippen LogP contribution is -1.98. The van der Waals surface area contributed by atoms with Crippen LogP contribution in [0.1, 0.15) is 25.0 Å². The summed E-state index contributed by atoms with van der Waals surface area (Å²) in [5.41, 5.74) is 2.67. The Hall–Kier alpha value is -0.980. The van der Waals surface area contributed by atoms with Gasteiger partial charge in [-0.05, 0) is 36.5 Å². The molecule has 0 fully saturated rings. The summed E-state index contributed by atoms with van der Waals surface area (Å²) in [6.45, 7) is 6.59. The van der Waals surface area contributed by atoms with Gasteiger partial charge in [0.25, 0.3) is 0 Å². The molecule has 0 amide bonds. The zero-order valence-electron chi connectivity index (χ0n) is 8.92. The van der Waals surface area contributed by atoms with Gasteiger partial charge in [0.15, 0.2) is 0 Å². The normalized spacial score (nSPS) is 10.5. The van der Waals surface area contributed by atoms with Crippen LogP contribution >= 0.6 is 0 Å². The summed E-state index contributed by atoms with van der Waals surface area (Å²) in [4.78, 5) is 0. The second kappa shape index (κ2) is 4.31. The Balaban J connectivity index is 2.94. The van der Waals surface area contributed by atoms with E-state index in [0.29, 0.717) is 5.92 Å². The van der Waals surface area contributed by atoms with Crippen LogP contribution in [0.15, 0.2) is 18.2 Å². The van der Waals surface area contributed by atoms with E-state index in [1.165, 1.54) is 11.1 Å². The average molecular weight is 178 g/mol. The Morgan fingerprint density at radius 2 is 2.00 bits per heavy atom. The van der Waals surface area contributed by atoms with Crippen LogP contribution in [0.5, 0.6) is 5.75 Å². The Morgan fingerprint density at radius 1 is 1.31 bits per heavy atom. The minimum Gasteiger partial charge on any atom is -0.496 e. The van der Waals surface area contributed by atoms with Crippen LogP contribution < -0.4 is 4.74 Å². The van der Waals surface area contributed by atoms with Gasteiger partial charge in [0.1, 0.15) is 5.75 Å². The van der Waals surface area contributed by atoms with Gasteiger partial charge in [0, 0.05) is 0 Å². The van der Waals surface area contributed by atoms with E-state index < -0.39 is 0 Å². The van der Waals surface area contributed by atoms with Crippen LogP contribution in [0.2, 0.25) is 0 Å². The van der Waals surface area contributed by atoms with Crippen molar-refractivity contribution in [1.29, 1.82) is 0 Å². The maximum absolute atomic E-state index is 5.27. The van der Waals surface area contributed by atoms with Crippen LogP contribution in [0.3, 0.4) is 0 Å². The molecule has 72 valence electrons. The van der Waals surface area contributed by atoms with Crippen LogP contribution in [0, 0.1) is 12.8 Å². The van der Waals surface area contributed by atoms with Crippen LogP contribution in [0.25, 0.3) is 0 Å². The lowest BCUT2D eigenvalue weighted by Gasteiger charge is -2.11. The fraction of sp³-hybridized carbons (Fsp3) is 0.500. The van der Waals surface area contributed by atoms with Gasteiger partial charge in [-0.2, -0.15) is 0 Å². The molecule has 1 rings (SSSR count). The molecule has 0 aromatic heterocycles. The number of hydrogen-bond acceptors (Lipinski definition) is 1. The number of ether oxygens (including phenoxy) is 1. The van der Waals surface area contributed by atoms with Gasteiger partial charge in [-0.3, -0.25) is 0 Å². The third-order valence-electron chi connectivity index (χ3n) is 2.24. The summed E-state index contributed by atoms with van der Waals surface area (Å²) in [6.07, 6.45) is 1.13. The van der Waals surface area contributed by atoms with Crippen molar-refractivity contribution < 1.29 is 4.74 Å². The first-order valence-corrected chi connectivity index (χ1v) is 4.77. The van der Waals surface area contributed by atoms with Crippen molar-refractivity contribution in [2.45, 2.75) is 27.2 Å². The molecule has 0 aliphatic carbocycles. The SMILES string of the molecule is COc1cccc(CC(C)C)c1C. The lowest BCUT2D eigenvalue weighted by molar-refractivity contribution is 0.410. The molecule has 0 spiro atoms. The van der Waals surface area contributed by atoms with E-state index in [1.807, 2.05) is 6.07 Å². The zero-order chi connectivity index (χ0) is 9.84. The molecule has 1 heteroatoms. The summed E-state index contributed by atoms with van der Waals surface area (Å²) < 4.78 is 5.27. The molecule has 0 bridgehead atoms. The largest absolute Gasteiger partial charge is 0.496 e. The fourth-order valence-electron chi connectivity index (χ4n) is 1.54. The first-order chi connectivity index (χ1) is 6.15. The molecule has 0 aliphatic heterocycles. The topological polar surface area (TPSA) is 9.23 Å². The third-order valence-corrected chi connectivity index (χ3v) is 2.24. The summed E-state index contributed by atoms with van der Waals surface area (Å²) in [5, 5.41) is 0. The minimum atomic E-state index is 0.700. The highest BCUT2D eigenvalue weighted by molar-refractivity contribution is 5.39. The molecule has 1 aromatic carbocycles. The smallest absolute Gasteiger partial charge is 0.122 e. The van der Waals surface area contributed by atoms with Crippen molar-refractivity contribution in [2.24, 2.45) is 5.92 Å². The van der Waals surface area contributed by atoms with E-state index in [1.54, 1.807) is 7.11 Å². The Labute approximate surface area is 80.7 Å². The van der Waals surface area contributed by atoms with Crippen molar-refractivity contribution >= 4 is 0 Å². The molecular formula is C12H18O. The van der Waals surface area contributed by atoms with E-state index in [2.05, 4.69) is 32.9 Å². The van der Waals surface area contributed by atoms with Crippen molar-refractivity contribution in [2.75, 3.05) is 7.11 Å². The minimum absolute atomic E-state index is 0.700. The highest BCUT2D eigenvalue weighted by atomic mass is 16.5. The van der Waals surface area contributed by atoms with Gasteiger partial charge in [0.2, 0.25) is 0 Å². The van der Waals surface area contributed by atoms with Gasteiger partial charge in [-0.25, -0.2) is 0 Å². The van der Waals surface area contributed by atoms with Crippen molar-refractivity contribution in [1.82, 2.24) is 0 Å². The van der Waals surface area contributed by atoms with Gasteiger partial charge >= 0.3 is 0 Å². The molecule has 13 heavy (non-hydrogen) atoms. The average Bonchev–Trinajstić information content (AvgIpc) is 2.08. The molecule has 0 aliphatic rings. The Kier molecular flexibility index (Phi) is 3.35. The highest BCUT2D eigenvalue weighted by Crippen LogP contribution is 2.22. The molecule has 0 N–H and O–H groups in total.